The summed E-state index contributed by atoms with van der Waals surface area (Å²) in [7, 11) is 4.21. The zero-order valence-corrected chi connectivity index (χ0v) is 18.2. The number of nitrogens with one attached hydrogen (secondary N) is 2. The molecule has 0 spiro atoms. The minimum atomic E-state index is -0.0453. The molecular weight excluding hydrogens is 370 g/mol. The maximum absolute atomic E-state index is 12.7. The van der Waals surface area contributed by atoms with Gasteiger partial charge in [0, 0.05) is 22.6 Å². The van der Waals surface area contributed by atoms with Crippen molar-refractivity contribution in [2.75, 3.05) is 26.0 Å². The lowest BCUT2D eigenvalue weighted by Crippen LogP contribution is -2.13. The predicted molar refractivity (Wildman–Crippen MR) is 126 cm³/mol. The first-order valence-corrected chi connectivity index (χ1v) is 10.5. The lowest BCUT2D eigenvalue weighted by molar-refractivity contribution is -0.110. The first-order valence-electron chi connectivity index (χ1n) is 10.5. The van der Waals surface area contributed by atoms with E-state index < -0.39 is 0 Å². The largest absolute Gasteiger partial charge is 0.359 e. The third-order valence-electron chi connectivity index (χ3n) is 5.86. The fourth-order valence-corrected chi connectivity index (χ4v) is 4.20. The Morgan fingerprint density at radius 1 is 1.00 bits per heavy atom. The van der Waals surface area contributed by atoms with Crippen LogP contribution in [0.2, 0.25) is 0 Å². The molecule has 1 aromatic heterocycles. The Kier molecular flexibility index (Phi) is 5.60. The number of carbonyl (C=O) groups excluding carboxylic acids is 1. The molecule has 3 aromatic rings. The summed E-state index contributed by atoms with van der Waals surface area (Å²) in [4.78, 5) is 18.4. The molecule has 0 saturated carbocycles. The van der Waals surface area contributed by atoms with Gasteiger partial charge in [0.25, 0.3) is 5.91 Å². The number of amides is 1. The number of nitrogens with zero attached hydrogens (tertiary/aromatic N) is 1. The molecule has 1 aliphatic rings. The zero-order chi connectivity index (χ0) is 21.3. The minimum Gasteiger partial charge on any atom is -0.359 e. The van der Waals surface area contributed by atoms with Crippen LogP contribution in [0.3, 0.4) is 0 Å². The molecule has 0 unspecified atom stereocenters. The normalized spacial score (nSPS) is 14.4. The van der Waals surface area contributed by atoms with Gasteiger partial charge in [-0.15, -0.1) is 0 Å². The summed E-state index contributed by atoms with van der Waals surface area (Å²) in [5.41, 5.74) is 9.61. The Labute approximate surface area is 178 Å². The molecule has 1 aliphatic heterocycles. The fourth-order valence-electron chi connectivity index (χ4n) is 4.20. The topological polar surface area (TPSA) is 48.1 Å². The van der Waals surface area contributed by atoms with Crippen LogP contribution < -0.4 is 5.32 Å². The van der Waals surface area contributed by atoms with Crippen LogP contribution in [0.15, 0.2) is 48.5 Å². The van der Waals surface area contributed by atoms with E-state index in [0.717, 1.165) is 47.5 Å². The van der Waals surface area contributed by atoms with Crippen molar-refractivity contribution in [1.29, 1.82) is 0 Å². The second kappa shape index (κ2) is 8.33. The van der Waals surface area contributed by atoms with Gasteiger partial charge in [0.05, 0.1) is 5.57 Å². The van der Waals surface area contributed by atoms with Gasteiger partial charge in [-0.1, -0.05) is 42.5 Å². The number of aromatic amines is 1. The fraction of sp³-hybridized carbons (Fsp3) is 0.269. The molecule has 2 aromatic carbocycles. The molecule has 4 heteroatoms. The average molecular weight is 400 g/mol. The average Bonchev–Trinajstić information content (AvgIpc) is 3.18. The number of fused-ring (bicyclic) bond motifs is 1. The number of aryl methyl sites for hydroxylation is 1. The van der Waals surface area contributed by atoms with Crippen LogP contribution in [0, 0.1) is 13.8 Å². The number of H-pyrrole nitrogens is 1. The molecule has 4 rings (SSSR count). The Bertz CT molecular complexity index is 1110. The number of rotatable bonds is 6. The van der Waals surface area contributed by atoms with Gasteiger partial charge >= 0.3 is 0 Å². The molecule has 2 N–H and O–H groups in total. The Balaban J connectivity index is 1.64. The summed E-state index contributed by atoms with van der Waals surface area (Å²) >= 11 is 0. The van der Waals surface area contributed by atoms with E-state index >= 15 is 0 Å². The van der Waals surface area contributed by atoms with Crippen LogP contribution in [0.4, 0.5) is 5.69 Å². The number of aromatic nitrogens is 1. The van der Waals surface area contributed by atoms with Crippen molar-refractivity contribution < 1.29 is 4.79 Å². The van der Waals surface area contributed by atoms with Crippen molar-refractivity contribution >= 4 is 23.2 Å². The lowest BCUT2D eigenvalue weighted by Gasteiger charge is -2.09. The van der Waals surface area contributed by atoms with Crippen LogP contribution in [0.5, 0.6) is 0 Å². The third kappa shape index (κ3) is 3.96. The predicted octanol–water partition coefficient (Wildman–Crippen LogP) is 5.29. The highest BCUT2D eigenvalue weighted by Crippen LogP contribution is 2.36. The first kappa shape index (κ1) is 20.2. The van der Waals surface area contributed by atoms with Gasteiger partial charge in [0.2, 0.25) is 0 Å². The van der Waals surface area contributed by atoms with E-state index in [-0.39, 0.29) is 5.91 Å². The molecule has 0 radical (unpaired) electrons. The van der Waals surface area contributed by atoms with Gasteiger partial charge in [-0.3, -0.25) is 4.79 Å². The van der Waals surface area contributed by atoms with Crippen LogP contribution in [0.25, 0.3) is 22.8 Å². The van der Waals surface area contributed by atoms with Crippen molar-refractivity contribution in [3.63, 3.8) is 0 Å². The maximum atomic E-state index is 12.7. The van der Waals surface area contributed by atoms with E-state index in [2.05, 4.69) is 67.4 Å². The van der Waals surface area contributed by atoms with Crippen molar-refractivity contribution in [1.82, 2.24) is 9.88 Å². The summed E-state index contributed by atoms with van der Waals surface area (Å²) < 4.78 is 0. The van der Waals surface area contributed by atoms with Crippen molar-refractivity contribution in [3.05, 3.63) is 76.6 Å². The Hall–Kier alpha value is -3.11. The van der Waals surface area contributed by atoms with E-state index in [1.165, 1.54) is 16.8 Å². The molecule has 4 nitrogen and oxygen atoms in total. The van der Waals surface area contributed by atoms with E-state index in [1.54, 1.807) is 0 Å². The zero-order valence-electron chi connectivity index (χ0n) is 18.2. The van der Waals surface area contributed by atoms with E-state index in [1.807, 2.05) is 30.3 Å². The van der Waals surface area contributed by atoms with Gasteiger partial charge in [-0.25, -0.2) is 0 Å². The van der Waals surface area contributed by atoms with Crippen molar-refractivity contribution in [2.45, 2.75) is 26.7 Å². The minimum absolute atomic E-state index is 0.0453. The molecule has 154 valence electrons. The van der Waals surface area contributed by atoms with Crippen LogP contribution in [-0.4, -0.2) is 36.4 Å². The number of benzene rings is 2. The standard InChI is InChI=1S/C26H29N3O/c1-17-21(11-8-14-29(3)4)18(2)27-24(17)16-23-22-13-12-20(15-25(22)28-26(23)30)19-9-6-5-7-10-19/h5-7,9-10,12-13,15-16,27H,8,11,14H2,1-4H3,(H,28,30). The highest BCUT2D eigenvalue weighted by molar-refractivity contribution is 6.35. The molecule has 0 saturated heterocycles. The highest BCUT2D eigenvalue weighted by Gasteiger charge is 2.25. The van der Waals surface area contributed by atoms with E-state index in [9.17, 15) is 4.79 Å². The molecule has 30 heavy (non-hydrogen) atoms. The van der Waals surface area contributed by atoms with Crippen molar-refractivity contribution in [2.24, 2.45) is 0 Å². The lowest BCUT2D eigenvalue weighted by atomic mass is 9.99. The van der Waals surface area contributed by atoms with Crippen LogP contribution in [0.1, 0.15) is 34.5 Å². The summed E-state index contributed by atoms with van der Waals surface area (Å²) in [6.45, 7) is 5.34. The number of carbonyl (C=O) groups is 1. The van der Waals surface area contributed by atoms with Gasteiger partial charge in [-0.2, -0.15) is 0 Å². The maximum Gasteiger partial charge on any atom is 0.256 e. The molecule has 0 bridgehead atoms. The molecular formula is C26H29N3O. The van der Waals surface area contributed by atoms with Crippen molar-refractivity contribution in [3.8, 4) is 11.1 Å². The molecule has 2 heterocycles. The van der Waals surface area contributed by atoms with Gasteiger partial charge in [-0.05, 0) is 81.7 Å². The number of anilines is 1. The summed E-state index contributed by atoms with van der Waals surface area (Å²) in [5.74, 6) is -0.0453. The first-order chi connectivity index (χ1) is 14.4. The van der Waals surface area contributed by atoms with Gasteiger partial charge in [0.1, 0.15) is 0 Å². The molecule has 0 aliphatic carbocycles. The SMILES string of the molecule is Cc1[nH]c(C=C2C(=O)Nc3cc(-c4ccccc4)ccc32)c(C)c1CCCN(C)C. The van der Waals surface area contributed by atoms with E-state index in [0.29, 0.717) is 5.57 Å². The summed E-state index contributed by atoms with van der Waals surface area (Å²) in [6.07, 6.45) is 4.16. The number of hydrogen-bond acceptors (Lipinski definition) is 2. The number of hydrogen-bond donors (Lipinski definition) is 2. The third-order valence-corrected chi connectivity index (χ3v) is 5.86. The molecule has 0 atom stereocenters. The van der Waals surface area contributed by atoms with Gasteiger partial charge in [0.15, 0.2) is 0 Å². The highest BCUT2D eigenvalue weighted by atomic mass is 16.2. The van der Waals surface area contributed by atoms with Crippen LogP contribution in [-0.2, 0) is 11.2 Å². The molecule has 1 amide bonds. The summed E-state index contributed by atoms with van der Waals surface area (Å²) in [5, 5.41) is 3.04. The molecule has 0 fully saturated rings. The second-order valence-electron chi connectivity index (χ2n) is 8.31. The second-order valence-corrected chi connectivity index (χ2v) is 8.31. The summed E-state index contributed by atoms with van der Waals surface area (Å²) in [6, 6.07) is 16.4. The van der Waals surface area contributed by atoms with Gasteiger partial charge < -0.3 is 15.2 Å². The Morgan fingerprint density at radius 2 is 1.77 bits per heavy atom. The quantitative estimate of drug-likeness (QED) is 0.554. The smallest absolute Gasteiger partial charge is 0.256 e. The van der Waals surface area contributed by atoms with E-state index in [4.69, 9.17) is 0 Å². The monoisotopic (exact) mass is 399 g/mol. The Morgan fingerprint density at radius 3 is 2.50 bits per heavy atom. The van der Waals surface area contributed by atoms with Crippen LogP contribution >= 0.6 is 0 Å².